The van der Waals surface area contributed by atoms with Crippen molar-refractivity contribution in [3.63, 3.8) is 0 Å². The summed E-state index contributed by atoms with van der Waals surface area (Å²) in [6, 6.07) is 4.93. The van der Waals surface area contributed by atoms with Crippen LogP contribution in [0, 0.1) is 0 Å². The number of aromatic nitrogens is 2. The van der Waals surface area contributed by atoms with Gasteiger partial charge < -0.3 is 4.90 Å². The number of likely N-dealkylation sites (tertiary alicyclic amines) is 1. The SMILES string of the molecule is CCCN1CCC(N(C)S(=O)(=O)c2ccc3c(c2)n(C)c(=O)n3C)CC1. The fourth-order valence-corrected chi connectivity index (χ4v) is 5.27. The highest BCUT2D eigenvalue weighted by Crippen LogP contribution is 2.25. The third kappa shape index (κ3) is 3.21. The van der Waals surface area contributed by atoms with Crippen LogP contribution in [0.3, 0.4) is 0 Å². The van der Waals surface area contributed by atoms with Gasteiger partial charge >= 0.3 is 5.69 Å². The van der Waals surface area contributed by atoms with Crippen molar-refractivity contribution in [2.45, 2.75) is 37.1 Å². The van der Waals surface area contributed by atoms with E-state index in [1.54, 1.807) is 39.3 Å². The van der Waals surface area contributed by atoms with Gasteiger partial charge in [0.15, 0.2) is 0 Å². The third-order valence-electron chi connectivity index (χ3n) is 5.53. The average Bonchev–Trinajstić information content (AvgIpc) is 2.86. The number of rotatable bonds is 5. The van der Waals surface area contributed by atoms with E-state index in [2.05, 4.69) is 11.8 Å². The number of hydrogen-bond acceptors (Lipinski definition) is 4. The molecule has 3 rings (SSSR count). The molecule has 1 aromatic carbocycles. The molecule has 0 bridgehead atoms. The Labute approximate surface area is 154 Å². The topological polar surface area (TPSA) is 67.6 Å². The van der Waals surface area contributed by atoms with E-state index >= 15 is 0 Å². The van der Waals surface area contributed by atoms with Crippen molar-refractivity contribution < 1.29 is 8.42 Å². The van der Waals surface area contributed by atoms with Gasteiger partial charge in [0, 0.05) is 27.2 Å². The molecule has 0 atom stereocenters. The molecule has 0 aliphatic carbocycles. The summed E-state index contributed by atoms with van der Waals surface area (Å²) in [5.74, 6) is 0. The standard InChI is InChI=1S/C18H28N4O3S/c1-5-10-22-11-8-14(9-12-22)21(4)26(24,25)15-6-7-16-17(13-15)20(3)18(23)19(16)2/h6-7,13-14H,5,8-12H2,1-4H3. The summed E-state index contributed by atoms with van der Waals surface area (Å²) in [6.07, 6.45) is 2.82. The first-order valence-corrected chi connectivity index (χ1v) is 10.6. The zero-order chi connectivity index (χ0) is 19.1. The van der Waals surface area contributed by atoms with Crippen LogP contribution < -0.4 is 5.69 Å². The van der Waals surface area contributed by atoms with Crippen molar-refractivity contribution >= 4 is 21.1 Å². The van der Waals surface area contributed by atoms with Crippen LogP contribution in [0.5, 0.6) is 0 Å². The second-order valence-electron chi connectivity index (χ2n) is 7.15. The summed E-state index contributed by atoms with van der Waals surface area (Å²) in [7, 11) is 1.43. The summed E-state index contributed by atoms with van der Waals surface area (Å²) >= 11 is 0. The summed E-state index contributed by atoms with van der Waals surface area (Å²) in [5.41, 5.74) is 1.20. The van der Waals surface area contributed by atoms with E-state index in [0.29, 0.717) is 5.52 Å². The smallest absolute Gasteiger partial charge is 0.303 e. The second-order valence-corrected chi connectivity index (χ2v) is 9.14. The number of hydrogen-bond donors (Lipinski definition) is 0. The van der Waals surface area contributed by atoms with Crippen molar-refractivity contribution in [1.82, 2.24) is 18.3 Å². The Bertz CT molecular complexity index is 953. The van der Waals surface area contributed by atoms with Crippen LogP contribution in [0.25, 0.3) is 11.0 Å². The van der Waals surface area contributed by atoms with Crippen LogP contribution >= 0.6 is 0 Å². The van der Waals surface area contributed by atoms with Crippen LogP contribution in [0.2, 0.25) is 0 Å². The molecular weight excluding hydrogens is 352 g/mol. The molecule has 144 valence electrons. The summed E-state index contributed by atoms with van der Waals surface area (Å²) in [6.45, 7) is 5.10. The van der Waals surface area contributed by atoms with Gasteiger partial charge in [0.2, 0.25) is 10.0 Å². The zero-order valence-corrected chi connectivity index (χ0v) is 16.8. The van der Waals surface area contributed by atoms with Crippen molar-refractivity contribution in [2.75, 3.05) is 26.7 Å². The quantitative estimate of drug-likeness (QED) is 0.786. The highest BCUT2D eigenvalue weighted by atomic mass is 32.2. The number of sulfonamides is 1. The maximum atomic E-state index is 13.1. The highest BCUT2D eigenvalue weighted by molar-refractivity contribution is 7.89. The van der Waals surface area contributed by atoms with Gasteiger partial charge in [-0.1, -0.05) is 6.92 Å². The Morgan fingerprint density at radius 2 is 1.73 bits per heavy atom. The zero-order valence-electron chi connectivity index (χ0n) is 16.0. The van der Waals surface area contributed by atoms with Crippen LogP contribution in [-0.2, 0) is 24.1 Å². The minimum absolute atomic E-state index is 0.0170. The van der Waals surface area contributed by atoms with E-state index in [1.807, 2.05) is 0 Å². The Hall–Kier alpha value is -1.64. The summed E-state index contributed by atoms with van der Waals surface area (Å²) < 4.78 is 30.7. The van der Waals surface area contributed by atoms with Gasteiger partial charge in [0.1, 0.15) is 0 Å². The Morgan fingerprint density at radius 3 is 2.35 bits per heavy atom. The molecule has 8 heteroatoms. The van der Waals surface area contributed by atoms with Gasteiger partial charge in [-0.3, -0.25) is 9.13 Å². The monoisotopic (exact) mass is 380 g/mol. The average molecular weight is 381 g/mol. The number of piperidine rings is 1. The Balaban J connectivity index is 1.87. The van der Waals surface area contributed by atoms with E-state index in [-0.39, 0.29) is 16.6 Å². The Morgan fingerprint density at radius 1 is 1.12 bits per heavy atom. The van der Waals surface area contributed by atoms with Crippen molar-refractivity contribution in [3.05, 3.63) is 28.7 Å². The number of nitrogens with zero attached hydrogens (tertiary/aromatic N) is 4. The molecule has 0 radical (unpaired) electrons. The number of benzene rings is 1. The molecule has 0 spiro atoms. The first-order valence-electron chi connectivity index (χ1n) is 9.13. The second kappa shape index (κ2) is 7.17. The maximum absolute atomic E-state index is 13.1. The third-order valence-corrected chi connectivity index (χ3v) is 7.44. The molecule has 2 aromatic rings. The molecule has 0 unspecified atom stereocenters. The lowest BCUT2D eigenvalue weighted by molar-refractivity contribution is 0.170. The Kier molecular flexibility index (Phi) is 5.28. The fraction of sp³-hybridized carbons (Fsp3) is 0.611. The predicted molar refractivity (Wildman–Crippen MR) is 103 cm³/mol. The molecule has 1 saturated heterocycles. The van der Waals surface area contributed by atoms with Crippen LogP contribution in [0.4, 0.5) is 0 Å². The van der Waals surface area contributed by atoms with Gasteiger partial charge in [-0.15, -0.1) is 0 Å². The van der Waals surface area contributed by atoms with Crippen LogP contribution in [-0.4, -0.2) is 59.5 Å². The first-order chi connectivity index (χ1) is 12.3. The highest BCUT2D eigenvalue weighted by Gasteiger charge is 2.31. The van der Waals surface area contributed by atoms with Gasteiger partial charge in [0.25, 0.3) is 0 Å². The normalized spacial score (nSPS) is 17.4. The molecule has 0 amide bonds. The van der Waals surface area contributed by atoms with Crippen molar-refractivity contribution in [1.29, 1.82) is 0 Å². The molecule has 1 aliphatic heterocycles. The molecule has 7 nitrogen and oxygen atoms in total. The molecular formula is C18H28N4O3S. The van der Waals surface area contributed by atoms with Gasteiger partial charge in [0.05, 0.1) is 15.9 Å². The molecule has 0 saturated carbocycles. The minimum atomic E-state index is -3.59. The summed E-state index contributed by atoms with van der Waals surface area (Å²) in [4.78, 5) is 14.7. The largest absolute Gasteiger partial charge is 0.328 e. The van der Waals surface area contributed by atoms with Crippen LogP contribution in [0.15, 0.2) is 27.9 Å². The molecule has 0 N–H and O–H groups in total. The van der Waals surface area contributed by atoms with Crippen LogP contribution in [0.1, 0.15) is 26.2 Å². The fourth-order valence-electron chi connectivity index (χ4n) is 3.83. The molecule has 26 heavy (non-hydrogen) atoms. The number of imidazole rings is 1. The van der Waals surface area contributed by atoms with Crippen molar-refractivity contribution in [2.24, 2.45) is 14.1 Å². The molecule has 1 aromatic heterocycles. The first kappa shape index (κ1) is 19.1. The minimum Gasteiger partial charge on any atom is -0.303 e. The van der Waals surface area contributed by atoms with Gasteiger partial charge in [-0.05, 0) is 57.1 Å². The lowest BCUT2D eigenvalue weighted by Gasteiger charge is -2.36. The lowest BCUT2D eigenvalue weighted by atomic mass is 10.1. The lowest BCUT2D eigenvalue weighted by Crippen LogP contribution is -2.45. The molecule has 1 aliphatic rings. The maximum Gasteiger partial charge on any atom is 0.328 e. The van der Waals surface area contributed by atoms with E-state index in [9.17, 15) is 13.2 Å². The predicted octanol–water partition coefficient (Wildman–Crippen LogP) is 1.37. The van der Waals surface area contributed by atoms with Crippen molar-refractivity contribution in [3.8, 4) is 0 Å². The summed E-state index contributed by atoms with van der Waals surface area (Å²) in [5, 5.41) is 0. The van der Waals surface area contributed by atoms with E-state index in [1.165, 1.54) is 13.4 Å². The van der Waals surface area contributed by atoms with E-state index < -0.39 is 10.0 Å². The number of aryl methyl sites for hydroxylation is 2. The molecule has 1 fully saturated rings. The van der Waals surface area contributed by atoms with Gasteiger partial charge in [-0.25, -0.2) is 13.2 Å². The number of fused-ring (bicyclic) bond motifs is 1. The molecule has 2 heterocycles. The van der Waals surface area contributed by atoms with E-state index in [4.69, 9.17) is 0 Å². The van der Waals surface area contributed by atoms with E-state index in [0.717, 1.165) is 44.4 Å². The van der Waals surface area contributed by atoms with Gasteiger partial charge in [-0.2, -0.15) is 4.31 Å².